The first-order chi connectivity index (χ1) is 14.9. The van der Waals surface area contributed by atoms with Crippen molar-refractivity contribution in [3.05, 3.63) is 54.2 Å². The topological polar surface area (TPSA) is 82.6 Å². The van der Waals surface area contributed by atoms with Gasteiger partial charge in [-0.3, -0.25) is 9.52 Å². The highest BCUT2D eigenvalue weighted by atomic mass is 32.2. The van der Waals surface area contributed by atoms with Gasteiger partial charge in [-0.2, -0.15) is 0 Å². The van der Waals surface area contributed by atoms with Gasteiger partial charge in [-0.15, -0.1) is 0 Å². The highest BCUT2D eigenvalue weighted by molar-refractivity contribution is 7.92. The van der Waals surface area contributed by atoms with E-state index in [4.69, 9.17) is 0 Å². The van der Waals surface area contributed by atoms with E-state index < -0.39 is 15.4 Å². The molecule has 7 nitrogen and oxygen atoms in total. The van der Waals surface area contributed by atoms with Crippen molar-refractivity contribution in [2.24, 2.45) is 0 Å². The predicted octanol–water partition coefficient (Wildman–Crippen LogP) is 3.00. The molecule has 2 fully saturated rings. The summed E-state index contributed by atoms with van der Waals surface area (Å²) in [6, 6.07) is 13.3. The number of aromatic nitrogens is 1. The molecule has 8 heteroatoms. The Morgan fingerprint density at radius 3 is 2.23 bits per heavy atom. The van der Waals surface area contributed by atoms with E-state index in [1.165, 1.54) is 0 Å². The van der Waals surface area contributed by atoms with Gasteiger partial charge in [0.05, 0.1) is 11.7 Å². The van der Waals surface area contributed by atoms with E-state index in [1.54, 1.807) is 18.3 Å². The normalized spacial score (nSPS) is 19.1. The van der Waals surface area contributed by atoms with Gasteiger partial charge < -0.3 is 9.80 Å². The summed E-state index contributed by atoms with van der Waals surface area (Å²) < 4.78 is 25.5. The minimum atomic E-state index is -3.33. The molecule has 166 valence electrons. The van der Waals surface area contributed by atoms with E-state index in [1.807, 2.05) is 35.2 Å². The minimum Gasteiger partial charge on any atom is -0.353 e. The van der Waals surface area contributed by atoms with Crippen LogP contribution in [-0.2, 0) is 20.2 Å². The Hall–Kier alpha value is -2.61. The molecule has 0 unspecified atom stereocenters. The van der Waals surface area contributed by atoms with Crippen LogP contribution in [0.15, 0.2) is 48.7 Å². The Labute approximate surface area is 184 Å². The zero-order chi connectivity index (χ0) is 21.9. The van der Waals surface area contributed by atoms with Gasteiger partial charge in [-0.05, 0) is 42.7 Å². The molecule has 31 heavy (non-hydrogen) atoms. The third-order valence-corrected chi connectivity index (χ3v) is 7.00. The maximum absolute atomic E-state index is 13.8. The summed E-state index contributed by atoms with van der Waals surface area (Å²) in [5.41, 5.74) is 0.992. The molecule has 1 amide bonds. The quantitative estimate of drug-likeness (QED) is 0.770. The summed E-state index contributed by atoms with van der Waals surface area (Å²) in [6.45, 7) is 2.92. The Kier molecular flexibility index (Phi) is 6.18. The van der Waals surface area contributed by atoms with E-state index in [0.717, 1.165) is 62.8 Å². The van der Waals surface area contributed by atoms with E-state index in [-0.39, 0.29) is 5.91 Å². The number of carbonyl (C=O) groups excluding carboxylic acids is 1. The molecule has 0 radical (unpaired) electrons. The van der Waals surface area contributed by atoms with Crippen molar-refractivity contribution < 1.29 is 13.2 Å². The van der Waals surface area contributed by atoms with Gasteiger partial charge in [0.1, 0.15) is 5.82 Å². The molecule has 4 rings (SSSR count). The number of hydrogen-bond acceptors (Lipinski definition) is 5. The fraction of sp³-hybridized carbons (Fsp3) is 0.478. The number of pyridine rings is 1. The number of piperazine rings is 1. The number of hydrogen-bond donors (Lipinski definition) is 1. The molecule has 2 aromatic rings. The fourth-order valence-electron chi connectivity index (χ4n) is 4.83. The lowest BCUT2D eigenvalue weighted by Gasteiger charge is -2.43. The molecule has 1 aromatic carbocycles. The van der Waals surface area contributed by atoms with E-state index >= 15 is 0 Å². The maximum Gasteiger partial charge on any atom is 0.233 e. The van der Waals surface area contributed by atoms with Crippen LogP contribution in [0.5, 0.6) is 0 Å². The first-order valence-corrected chi connectivity index (χ1v) is 12.8. The molecule has 1 aliphatic carbocycles. The first kappa shape index (κ1) is 21.6. The van der Waals surface area contributed by atoms with Gasteiger partial charge >= 0.3 is 0 Å². The Morgan fingerprint density at radius 1 is 0.968 bits per heavy atom. The summed E-state index contributed by atoms with van der Waals surface area (Å²) in [4.78, 5) is 22.5. The number of nitrogens with one attached hydrogen (secondary N) is 1. The van der Waals surface area contributed by atoms with Crippen molar-refractivity contribution >= 4 is 27.4 Å². The van der Waals surface area contributed by atoms with Crippen molar-refractivity contribution in [3.8, 4) is 0 Å². The molecule has 1 aromatic heterocycles. The molecule has 1 saturated heterocycles. The first-order valence-electron chi connectivity index (χ1n) is 10.9. The Bertz CT molecular complexity index is 995. The van der Waals surface area contributed by atoms with E-state index in [9.17, 15) is 13.2 Å². The summed E-state index contributed by atoms with van der Waals surface area (Å²) in [7, 11) is -3.33. The number of amides is 1. The van der Waals surface area contributed by atoms with Gasteiger partial charge in [-0.25, -0.2) is 13.4 Å². The molecule has 1 aliphatic heterocycles. The molecular formula is C23H30N4O3S. The van der Waals surface area contributed by atoms with Crippen LogP contribution >= 0.6 is 0 Å². The number of nitrogens with zero attached hydrogens (tertiary/aromatic N) is 3. The fourth-order valence-corrected chi connectivity index (χ4v) is 5.40. The second-order valence-corrected chi connectivity index (χ2v) is 10.3. The van der Waals surface area contributed by atoms with Gasteiger partial charge in [0.25, 0.3) is 0 Å². The van der Waals surface area contributed by atoms with Crippen molar-refractivity contribution in [3.63, 3.8) is 0 Å². The monoisotopic (exact) mass is 442 g/mol. The molecule has 1 saturated carbocycles. The van der Waals surface area contributed by atoms with Crippen LogP contribution in [0.3, 0.4) is 0 Å². The highest BCUT2D eigenvalue weighted by Crippen LogP contribution is 2.41. The minimum absolute atomic E-state index is 0.205. The number of benzene rings is 1. The van der Waals surface area contributed by atoms with Crippen LogP contribution in [0.1, 0.15) is 37.7 Å². The molecule has 2 aliphatic rings. The largest absolute Gasteiger partial charge is 0.353 e. The van der Waals surface area contributed by atoms with Gasteiger partial charge in [0.15, 0.2) is 0 Å². The molecule has 2 heterocycles. The average molecular weight is 443 g/mol. The molecule has 0 bridgehead atoms. The van der Waals surface area contributed by atoms with Crippen LogP contribution in [0.4, 0.5) is 11.5 Å². The highest BCUT2D eigenvalue weighted by Gasteiger charge is 2.44. The predicted molar refractivity (Wildman–Crippen MR) is 123 cm³/mol. The molecular weight excluding hydrogens is 412 g/mol. The second kappa shape index (κ2) is 8.86. The number of sulfonamides is 1. The van der Waals surface area contributed by atoms with Crippen molar-refractivity contribution in [2.45, 2.75) is 37.5 Å². The standard InChI is InChI=1S/C23H30N4O3S/c1-31(29,30)25-20-10-8-19(9-11-20)23(12-4-2-5-13-23)22(28)27-17-15-26(16-18-27)21-7-3-6-14-24-21/h3,6-11,14,25H,2,4-5,12-13,15-18H2,1H3. The van der Waals surface area contributed by atoms with Crippen LogP contribution in [-0.4, -0.2) is 56.6 Å². The Morgan fingerprint density at radius 2 is 1.65 bits per heavy atom. The van der Waals surface area contributed by atoms with Crippen LogP contribution < -0.4 is 9.62 Å². The van der Waals surface area contributed by atoms with Crippen LogP contribution in [0.2, 0.25) is 0 Å². The third-order valence-electron chi connectivity index (χ3n) is 6.40. The summed E-state index contributed by atoms with van der Waals surface area (Å²) in [6.07, 6.45) is 7.82. The lowest BCUT2D eigenvalue weighted by atomic mass is 9.68. The summed E-state index contributed by atoms with van der Waals surface area (Å²) in [5.74, 6) is 1.16. The second-order valence-electron chi connectivity index (χ2n) is 8.56. The molecule has 0 spiro atoms. The van der Waals surface area contributed by atoms with Crippen LogP contribution in [0, 0.1) is 0 Å². The van der Waals surface area contributed by atoms with E-state index in [2.05, 4.69) is 14.6 Å². The van der Waals surface area contributed by atoms with Crippen molar-refractivity contribution in [2.75, 3.05) is 42.1 Å². The van der Waals surface area contributed by atoms with Gasteiger partial charge in [0, 0.05) is 38.1 Å². The lowest BCUT2D eigenvalue weighted by Crippen LogP contribution is -2.55. The smallest absolute Gasteiger partial charge is 0.233 e. The van der Waals surface area contributed by atoms with E-state index in [0.29, 0.717) is 18.8 Å². The third kappa shape index (κ3) is 4.84. The molecule has 0 atom stereocenters. The lowest BCUT2D eigenvalue weighted by molar-refractivity contribution is -0.139. The molecule has 1 N–H and O–H groups in total. The average Bonchev–Trinajstić information content (AvgIpc) is 2.79. The van der Waals surface area contributed by atoms with Crippen molar-refractivity contribution in [1.29, 1.82) is 0 Å². The number of anilines is 2. The number of rotatable bonds is 5. The SMILES string of the molecule is CS(=O)(=O)Nc1ccc(C2(C(=O)N3CCN(c4ccccn4)CC3)CCCCC2)cc1. The summed E-state index contributed by atoms with van der Waals surface area (Å²) >= 11 is 0. The van der Waals surface area contributed by atoms with Crippen molar-refractivity contribution in [1.82, 2.24) is 9.88 Å². The maximum atomic E-state index is 13.8. The van der Waals surface area contributed by atoms with Gasteiger partial charge in [-0.1, -0.05) is 37.5 Å². The number of carbonyl (C=O) groups is 1. The van der Waals surface area contributed by atoms with Crippen LogP contribution in [0.25, 0.3) is 0 Å². The zero-order valence-electron chi connectivity index (χ0n) is 18.0. The zero-order valence-corrected chi connectivity index (χ0v) is 18.8. The van der Waals surface area contributed by atoms with Gasteiger partial charge in [0.2, 0.25) is 15.9 Å². The Balaban J connectivity index is 1.52. The summed E-state index contributed by atoms with van der Waals surface area (Å²) in [5, 5.41) is 0.